The second-order valence-corrected chi connectivity index (χ2v) is 16.1. The Morgan fingerprint density at radius 1 is 1.22 bits per heavy atom. The molecule has 0 amide bonds. The van der Waals surface area contributed by atoms with E-state index in [1.807, 2.05) is 34.6 Å². The normalized spacial score (nSPS) is 22.8. The van der Waals surface area contributed by atoms with E-state index in [9.17, 15) is 9.90 Å². The molecule has 3 atom stereocenters. The zero-order valence-corrected chi connectivity index (χ0v) is 22.9. The van der Waals surface area contributed by atoms with E-state index in [4.69, 9.17) is 18.6 Å². The summed E-state index contributed by atoms with van der Waals surface area (Å²) in [6.45, 7) is 21.2. The van der Waals surface area contributed by atoms with Gasteiger partial charge in [-0.1, -0.05) is 32.6 Å². The van der Waals surface area contributed by atoms with Gasteiger partial charge in [0.15, 0.2) is 14.1 Å². The van der Waals surface area contributed by atoms with E-state index in [2.05, 4.69) is 45.7 Å². The molecule has 1 fully saturated rings. The summed E-state index contributed by atoms with van der Waals surface area (Å²) in [5, 5.41) is 10.9. The summed E-state index contributed by atoms with van der Waals surface area (Å²) >= 11 is 0. The second kappa shape index (κ2) is 10.8. The molecule has 1 heterocycles. The summed E-state index contributed by atoms with van der Waals surface area (Å²) in [6, 6.07) is 0. The molecule has 1 aliphatic rings. The first-order valence-corrected chi connectivity index (χ1v) is 14.3. The van der Waals surface area contributed by atoms with E-state index >= 15 is 0 Å². The van der Waals surface area contributed by atoms with Gasteiger partial charge >= 0.3 is 5.97 Å². The number of aliphatic hydroxyl groups is 1. The summed E-state index contributed by atoms with van der Waals surface area (Å²) in [7, 11) is -0.596. The van der Waals surface area contributed by atoms with Crippen molar-refractivity contribution in [3.05, 3.63) is 11.6 Å². The van der Waals surface area contributed by atoms with Gasteiger partial charge in [-0.15, -0.1) is 0 Å². The largest absolute Gasteiger partial charge is 0.466 e. The second-order valence-electron chi connectivity index (χ2n) is 11.3. The Morgan fingerprint density at radius 3 is 2.28 bits per heavy atom. The predicted molar refractivity (Wildman–Crippen MR) is 130 cm³/mol. The summed E-state index contributed by atoms with van der Waals surface area (Å²) < 4.78 is 22.8. The van der Waals surface area contributed by atoms with Gasteiger partial charge in [0, 0.05) is 23.7 Å². The molecule has 1 rings (SSSR count). The van der Waals surface area contributed by atoms with Gasteiger partial charge in [-0.05, 0) is 65.6 Å². The molecule has 1 N–H and O–H groups in total. The first kappa shape index (κ1) is 28.9. The standard InChI is InChI=1S/C25H44O6Si/c1-18-21(31-25(7,8)30-18)13-12-20(26)19(16-22(27)28-9)14-15-24(5,6)17-29-32(10,11)23(2,3)4/h16,18,20-21,26H,12-13,17H2,1-11H3/b19-16-/t18-,20+,21-/m1/s1. The Hall–Kier alpha value is -1.17. The molecule has 0 aliphatic carbocycles. The van der Waals surface area contributed by atoms with Crippen LogP contribution in [0, 0.1) is 17.3 Å². The van der Waals surface area contributed by atoms with Gasteiger partial charge in [0.2, 0.25) is 0 Å². The lowest BCUT2D eigenvalue weighted by atomic mass is 9.94. The lowest BCUT2D eigenvalue weighted by molar-refractivity contribution is -0.145. The molecule has 0 spiro atoms. The van der Waals surface area contributed by atoms with Gasteiger partial charge in [-0.25, -0.2) is 4.79 Å². The molecule has 0 saturated carbocycles. The summed E-state index contributed by atoms with van der Waals surface area (Å²) in [5.74, 6) is 5.05. The highest BCUT2D eigenvalue weighted by molar-refractivity contribution is 6.74. The Morgan fingerprint density at radius 2 is 1.81 bits per heavy atom. The van der Waals surface area contributed by atoms with Crippen LogP contribution in [0.3, 0.4) is 0 Å². The van der Waals surface area contributed by atoms with Crippen molar-refractivity contribution in [1.29, 1.82) is 0 Å². The Bertz CT molecular complexity index is 736. The lowest BCUT2D eigenvalue weighted by Crippen LogP contribution is -2.43. The molecule has 0 radical (unpaired) electrons. The number of carbonyl (C=O) groups excluding carboxylic acids is 1. The van der Waals surface area contributed by atoms with Crippen LogP contribution in [-0.2, 0) is 23.4 Å². The van der Waals surface area contributed by atoms with Crippen LogP contribution in [0.4, 0.5) is 0 Å². The first-order valence-electron chi connectivity index (χ1n) is 11.4. The molecular weight excluding hydrogens is 424 g/mol. The van der Waals surface area contributed by atoms with Crippen molar-refractivity contribution in [2.24, 2.45) is 5.41 Å². The topological polar surface area (TPSA) is 74.2 Å². The number of rotatable bonds is 8. The van der Waals surface area contributed by atoms with Crippen molar-refractivity contribution >= 4 is 14.3 Å². The number of carbonyl (C=O) groups is 1. The predicted octanol–water partition coefficient (Wildman–Crippen LogP) is 4.82. The van der Waals surface area contributed by atoms with Gasteiger partial charge < -0.3 is 23.7 Å². The molecule has 0 aromatic rings. The maximum absolute atomic E-state index is 11.9. The SMILES string of the molecule is COC(=O)/C=C(/C#CC(C)(C)CO[Si](C)(C)C(C)(C)C)[C@@H](O)CC[C@H]1OC(C)(C)O[C@@H]1C. The average molecular weight is 469 g/mol. The zero-order chi connectivity index (χ0) is 25.0. The summed E-state index contributed by atoms with van der Waals surface area (Å²) in [6.07, 6.45) is 1.15. The molecule has 1 aliphatic heterocycles. The van der Waals surface area contributed by atoms with Crippen molar-refractivity contribution in [2.45, 2.75) is 110 Å². The van der Waals surface area contributed by atoms with E-state index in [1.165, 1.54) is 13.2 Å². The van der Waals surface area contributed by atoms with Crippen LogP contribution in [0.25, 0.3) is 0 Å². The van der Waals surface area contributed by atoms with Gasteiger partial charge in [-0.2, -0.15) is 0 Å². The highest BCUT2D eigenvalue weighted by Crippen LogP contribution is 2.37. The van der Waals surface area contributed by atoms with E-state index in [0.717, 1.165) is 0 Å². The third-order valence-electron chi connectivity index (χ3n) is 6.13. The van der Waals surface area contributed by atoms with Crippen LogP contribution in [0.5, 0.6) is 0 Å². The molecule has 32 heavy (non-hydrogen) atoms. The molecule has 0 aromatic heterocycles. The Labute approximate surface area is 196 Å². The molecule has 184 valence electrons. The third kappa shape index (κ3) is 8.99. The van der Waals surface area contributed by atoms with Crippen LogP contribution >= 0.6 is 0 Å². The molecule has 0 aromatic carbocycles. The minimum absolute atomic E-state index is 0.0669. The fourth-order valence-electron chi connectivity index (χ4n) is 3.04. The van der Waals surface area contributed by atoms with E-state index in [-0.39, 0.29) is 17.2 Å². The number of hydrogen-bond donors (Lipinski definition) is 1. The van der Waals surface area contributed by atoms with E-state index in [1.54, 1.807) is 0 Å². The van der Waals surface area contributed by atoms with Crippen LogP contribution in [-0.4, -0.2) is 57.2 Å². The van der Waals surface area contributed by atoms with Crippen LogP contribution in [0.15, 0.2) is 11.6 Å². The van der Waals surface area contributed by atoms with Crippen molar-refractivity contribution < 1.29 is 28.5 Å². The summed E-state index contributed by atoms with van der Waals surface area (Å²) in [4.78, 5) is 11.9. The maximum atomic E-state index is 11.9. The number of methoxy groups -OCH3 is 1. The van der Waals surface area contributed by atoms with Gasteiger partial charge in [-0.3, -0.25) is 0 Å². The van der Waals surface area contributed by atoms with Gasteiger partial charge in [0.05, 0.1) is 25.4 Å². The molecule has 0 bridgehead atoms. The highest BCUT2D eigenvalue weighted by Gasteiger charge is 2.39. The Kier molecular flexibility index (Phi) is 9.77. The van der Waals surface area contributed by atoms with E-state index < -0.39 is 31.6 Å². The highest BCUT2D eigenvalue weighted by atomic mass is 28.4. The minimum atomic E-state index is -1.90. The van der Waals surface area contributed by atoms with Crippen molar-refractivity contribution in [1.82, 2.24) is 0 Å². The third-order valence-corrected chi connectivity index (χ3v) is 10.6. The smallest absolute Gasteiger partial charge is 0.331 e. The first-order chi connectivity index (χ1) is 14.4. The fourth-order valence-corrected chi connectivity index (χ4v) is 4.19. The van der Waals surface area contributed by atoms with E-state index in [0.29, 0.717) is 25.0 Å². The van der Waals surface area contributed by atoms with Crippen molar-refractivity contribution in [2.75, 3.05) is 13.7 Å². The number of esters is 1. The minimum Gasteiger partial charge on any atom is -0.466 e. The molecular formula is C25H44O6Si. The fraction of sp³-hybridized carbons (Fsp3) is 0.800. The average Bonchev–Trinajstić information content (AvgIpc) is 2.92. The lowest BCUT2D eigenvalue weighted by Gasteiger charge is -2.38. The van der Waals surface area contributed by atoms with Gasteiger partial charge in [0.1, 0.15) is 0 Å². The van der Waals surface area contributed by atoms with Gasteiger partial charge in [0.25, 0.3) is 0 Å². The van der Waals surface area contributed by atoms with Crippen molar-refractivity contribution in [3.8, 4) is 11.8 Å². The van der Waals surface area contributed by atoms with Crippen LogP contribution < -0.4 is 0 Å². The maximum Gasteiger partial charge on any atom is 0.331 e. The van der Waals surface area contributed by atoms with Crippen molar-refractivity contribution in [3.63, 3.8) is 0 Å². The molecule has 1 saturated heterocycles. The Balaban J connectivity index is 2.91. The van der Waals surface area contributed by atoms with Crippen LogP contribution in [0.2, 0.25) is 18.1 Å². The number of aliphatic hydroxyl groups excluding tert-OH is 1. The number of hydrogen-bond acceptors (Lipinski definition) is 6. The zero-order valence-electron chi connectivity index (χ0n) is 21.9. The summed E-state index contributed by atoms with van der Waals surface area (Å²) in [5.41, 5.74) is -0.103. The quantitative estimate of drug-likeness (QED) is 0.238. The number of ether oxygens (including phenoxy) is 3. The molecule has 6 nitrogen and oxygen atoms in total. The molecule has 7 heteroatoms. The monoisotopic (exact) mass is 468 g/mol. The van der Waals surface area contributed by atoms with Crippen LogP contribution in [0.1, 0.15) is 68.2 Å². The molecule has 0 unspecified atom stereocenters.